The van der Waals surface area contributed by atoms with Gasteiger partial charge in [0.05, 0.1) is 12.0 Å². The number of benzene rings is 2. The fourth-order valence-corrected chi connectivity index (χ4v) is 4.45. The standard InChI is InChI=1S/C23H30ClN3O/c1-14(2)27(15(3)4)12-11-19-17-7-5-6-8-18(17)22(26-23(19)28)20-13-16(24)9-10-21(20)25/h5-10,13-15,19,22H,11-12,25H2,1-4H3,(H,26,28). The average molecular weight is 400 g/mol. The molecule has 2 atom stereocenters. The van der Waals surface area contributed by atoms with E-state index in [-0.39, 0.29) is 17.9 Å². The van der Waals surface area contributed by atoms with Gasteiger partial charge in [-0.3, -0.25) is 9.69 Å². The van der Waals surface area contributed by atoms with Crippen LogP contribution < -0.4 is 11.1 Å². The van der Waals surface area contributed by atoms with Gasteiger partial charge in [0.1, 0.15) is 0 Å². The molecule has 1 amide bonds. The van der Waals surface area contributed by atoms with E-state index in [1.165, 1.54) is 0 Å². The molecule has 0 saturated carbocycles. The van der Waals surface area contributed by atoms with E-state index in [9.17, 15) is 4.79 Å². The Morgan fingerprint density at radius 1 is 1.04 bits per heavy atom. The van der Waals surface area contributed by atoms with Gasteiger partial charge in [-0.25, -0.2) is 0 Å². The van der Waals surface area contributed by atoms with Gasteiger partial charge >= 0.3 is 0 Å². The van der Waals surface area contributed by atoms with Gasteiger partial charge in [-0.15, -0.1) is 0 Å². The van der Waals surface area contributed by atoms with E-state index in [2.05, 4.69) is 50.0 Å². The van der Waals surface area contributed by atoms with Crippen molar-refractivity contribution in [2.75, 3.05) is 12.3 Å². The van der Waals surface area contributed by atoms with Crippen molar-refractivity contribution in [3.63, 3.8) is 0 Å². The molecular formula is C23H30ClN3O. The minimum absolute atomic E-state index is 0.0514. The molecular weight excluding hydrogens is 370 g/mol. The molecule has 4 nitrogen and oxygen atoms in total. The summed E-state index contributed by atoms with van der Waals surface area (Å²) in [5.74, 6) is -0.108. The summed E-state index contributed by atoms with van der Waals surface area (Å²) in [5, 5.41) is 3.81. The lowest BCUT2D eigenvalue weighted by molar-refractivity contribution is -0.124. The molecule has 3 rings (SSSR count). The third-order valence-electron chi connectivity index (χ3n) is 5.65. The highest BCUT2D eigenvalue weighted by Gasteiger charge is 2.34. The Bertz CT molecular complexity index is 841. The van der Waals surface area contributed by atoms with Crippen molar-refractivity contribution in [1.82, 2.24) is 10.2 Å². The second-order valence-electron chi connectivity index (χ2n) is 8.11. The summed E-state index contributed by atoms with van der Waals surface area (Å²) in [7, 11) is 0. The normalized spacial score (nSPS) is 19.2. The summed E-state index contributed by atoms with van der Waals surface area (Å²) in [4.78, 5) is 15.5. The van der Waals surface area contributed by atoms with Crippen LogP contribution in [0.4, 0.5) is 5.69 Å². The first-order valence-electron chi connectivity index (χ1n) is 9.99. The molecule has 3 N–H and O–H groups in total. The van der Waals surface area contributed by atoms with Crippen molar-refractivity contribution in [3.8, 4) is 0 Å². The molecule has 2 aromatic carbocycles. The van der Waals surface area contributed by atoms with E-state index in [4.69, 9.17) is 17.3 Å². The van der Waals surface area contributed by atoms with Crippen LogP contribution >= 0.6 is 11.6 Å². The van der Waals surface area contributed by atoms with Crippen molar-refractivity contribution < 1.29 is 4.79 Å². The Labute approximate surface area is 173 Å². The molecule has 1 heterocycles. The van der Waals surface area contributed by atoms with E-state index in [0.717, 1.165) is 29.7 Å². The first-order chi connectivity index (χ1) is 13.3. The largest absolute Gasteiger partial charge is 0.398 e. The number of nitrogens with two attached hydrogens (primary N) is 1. The van der Waals surface area contributed by atoms with Crippen LogP contribution in [0.3, 0.4) is 0 Å². The Morgan fingerprint density at radius 3 is 2.32 bits per heavy atom. The van der Waals surface area contributed by atoms with E-state index >= 15 is 0 Å². The Balaban J connectivity index is 1.93. The fraction of sp³-hybridized carbons (Fsp3) is 0.435. The van der Waals surface area contributed by atoms with Gasteiger partial charge in [0.25, 0.3) is 0 Å². The first kappa shape index (κ1) is 20.7. The maximum Gasteiger partial charge on any atom is 0.228 e. The summed E-state index contributed by atoms with van der Waals surface area (Å²) in [6.07, 6.45) is 0.789. The van der Waals surface area contributed by atoms with Gasteiger partial charge < -0.3 is 11.1 Å². The van der Waals surface area contributed by atoms with Crippen LogP contribution in [0.5, 0.6) is 0 Å². The third kappa shape index (κ3) is 4.18. The molecule has 28 heavy (non-hydrogen) atoms. The smallest absolute Gasteiger partial charge is 0.228 e. The molecule has 0 aliphatic carbocycles. The number of nitrogen functional groups attached to an aromatic ring is 1. The van der Waals surface area contributed by atoms with Crippen molar-refractivity contribution in [2.45, 2.75) is 58.2 Å². The second kappa shape index (κ2) is 8.54. The summed E-state index contributed by atoms with van der Waals surface area (Å²) < 4.78 is 0. The van der Waals surface area contributed by atoms with Gasteiger partial charge in [0, 0.05) is 28.4 Å². The summed E-state index contributed by atoms with van der Waals surface area (Å²) in [6, 6.07) is 14.2. The zero-order valence-corrected chi connectivity index (χ0v) is 17.8. The lowest BCUT2D eigenvalue weighted by Crippen LogP contribution is -2.42. The average Bonchev–Trinajstić information content (AvgIpc) is 2.64. The number of halogens is 1. The highest BCUT2D eigenvalue weighted by atomic mass is 35.5. The lowest BCUT2D eigenvalue weighted by atomic mass is 9.81. The number of anilines is 1. The molecule has 5 heteroatoms. The number of rotatable bonds is 6. The number of hydrogen-bond acceptors (Lipinski definition) is 3. The molecule has 2 aromatic rings. The number of fused-ring (bicyclic) bond motifs is 1. The SMILES string of the molecule is CC(C)N(CCC1C(=O)NC(c2cc(Cl)ccc2N)c2ccccc21)C(C)C. The molecule has 0 bridgehead atoms. The number of carbonyl (C=O) groups is 1. The molecule has 2 unspecified atom stereocenters. The van der Waals surface area contributed by atoms with E-state index in [1.807, 2.05) is 18.2 Å². The predicted molar refractivity (Wildman–Crippen MR) is 117 cm³/mol. The van der Waals surface area contributed by atoms with Crippen LogP contribution in [0.2, 0.25) is 5.02 Å². The van der Waals surface area contributed by atoms with Crippen molar-refractivity contribution in [2.24, 2.45) is 0 Å². The lowest BCUT2D eigenvalue weighted by Gasteiger charge is -2.35. The molecule has 1 aliphatic heterocycles. The van der Waals surface area contributed by atoms with Crippen molar-refractivity contribution >= 4 is 23.2 Å². The Hall–Kier alpha value is -2.04. The van der Waals surface area contributed by atoms with E-state index in [1.54, 1.807) is 12.1 Å². The van der Waals surface area contributed by atoms with Gasteiger partial charge in [-0.2, -0.15) is 0 Å². The molecule has 0 spiro atoms. The highest BCUT2D eigenvalue weighted by Crippen LogP contribution is 2.38. The van der Waals surface area contributed by atoms with Gasteiger partial charge in [0.15, 0.2) is 0 Å². The van der Waals surface area contributed by atoms with Crippen LogP contribution in [0.15, 0.2) is 42.5 Å². The molecule has 0 saturated heterocycles. The molecule has 150 valence electrons. The predicted octanol–water partition coefficient (Wildman–Crippen LogP) is 4.73. The highest BCUT2D eigenvalue weighted by molar-refractivity contribution is 6.30. The monoisotopic (exact) mass is 399 g/mol. The number of hydrogen-bond donors (Lipinski definition) is 2. The zero-order chi connectivity index (χ0) is 20.4. The molecule has 0 fully saturated rings. The quantitative estimate of drug-likeness (QED) is 0.690. The number of amides is 1. The van der Waals surface area contributed by atoms with Crippen LogP contribution in [-0.2, 0) is 4.79 Å². The van der Waals surface area contributed by atoms with Gasteiger partial charge in [-0.1, -0.05) is 35.9 Å². The minimum Gasteiger partial charge on any atom is -0.398 e. The van der Waals surface area contributed by atoms with Crippen LogP contribution in [0.25, 0.3) is 0 Å². The zero-order valence-electron chi connectivity index (χ0n) is 17.1. The molecule has 0 aromatic heterocycles. The number of carbonyl (C=O) groups excluding carboxylic acids is 1. The van der Waals surface area contributed by atoms with Gasteiger partial charge in [0.2, 0.25) is 5.91 Å². The van der Waals surface area contributed by atoms with Crippen LogP contribution in [-0.4, -0.2) is 29.4 Å². The maximum absolute atomic E-state index is 13.1. The number of nitrogens with one attached hydrogen (secondary N) is 1. The van der Waals surface area contributed by atoms with E-state index in [0.29, 0.717) is 22.8 Å². The minimum atomic E-state index is -0.273. The summed E-state index contributed by atoms with van der Waals surface area (Å²) >= 11 is 6.20. The Morgan fingerprint density at radius 2 is 1.68 bits per heavy atom. The fourth-order valence-electron chi connectivity index (χ4n) is 4.27. The molecule has 0 radical (unpaired) electrons. The first-order valence-corrected chi connectivity index (χ1v) is 10.4. The maximum atomic E-state index is 13.1. The van der Waals surface area contributed by atoms with Crippen molar-refractivity contribution in [1.29, 1.82) is 0 Å². The summed E-state index contributed by atoms with van der Waals surface area (Å²) in [5.41, 5.74) is 9.87. The topological polar surface area (TPSA) is 58.4 Å². The second-order valence-corrected chi connectivity index (χ2v) is 8.55. The summed E-state index contributed by atoms with van der Waals surface area (Å²) in [6.45, 7) is 9.69. The molecule has 1 aliphatic rings. The van der Waals surface area contributed by atoms with E-state index < -0.39 is 0 Å². The Kier molecular flexibility index (Phi) is 6.31. The van der Waals surface area contributed by atoms with Gasteiger partial charge in [-0.05, 0) is 70.0 Å². The third-order valence-corrected chi connectivity index (χ3v) is 5.88. The van der Waals surface area contributed by atoms with Crippen molar-refractivity contribution in [3.05, 3.63) is 64.2 Å². The van der Waals surface area contributed by atoms with Crippen LogP contribution in [0, 0.1) is 0 Å². The van der Waals surface area contributed by atoms with Crippen LogP contribution in [0.1, 0.15) is 62.8 Å². The number of nitrogens with zero attached hydrogens (tertiary/aromatic N) is 1.